The third-order valence-electron chi connectivity index (χ3n) is 5.19. The fourth-order valence-electron chi connectivity index (χ4n) is 3.09. The second kappa shape index (κ2) is 10.7. The van der Waals surface area contributed by atoms with Crippen LogP contribution in [0.3, 0.4) is 0 Å². The Labute approximate surface area is 173 Å². The fraction of sp³-hybridized carbons (Fsp3) is 0.417. The van der Waals surface area contributed by atoms with E-state index >= 15 is 0 Å². The van der Waals surface area contributed by atoms with Gasteiger partial charge in [-0.2, -0.15) is 0 Å². The topological polar surface area (TPSA) is 49.4 Å². The normalized spacial score (nSPS) is 11.8. The molecule has 0 heterocycles. The van der Waals surface area contributed by atoms with Gasteiger partial charge in [0.2, 0.25) is 11.8 Å². The number of carbonyl (C=O) groups is 2. The molecule has 0 bridgehead atoms. The molecule has 2 aromatic rings. The molecule has 0 unspecified atom stereocenters. The molecule has 0 aliphatic carbocycles. The maximum absolute atomic E-state index is 13.3. The quantitative estimate of drug-likeness (QED) is 0.640. The third-order valence-corrected chi connectivity index (χ3v) is 5.19. The van der Waals surface area contributed by atoms with E-state index in [0.29, 0.717) is 6.54 Å². The summed E-state index contributed by atoms with van der Waals surface area (Å²) in [5.41, 5.74) is 4.01. The van der Waals surface area contributed by atoms with Crippen LogP contribution in [0, 0.1) is 19.7 Å². The molecule has 156 valence electrons. The third kappa shape index (κ3) is 6.70. The van der Waals surface area contributed by atoms with Gasteiger partial charge in [-0.25, -0.2) is 4.39 Å². The van der Waals surface area contributed by atoms with E-state index in [1.165, 1.54) is 17.7 Å². The number of aryl methyl sites for hydroxylation is 2. The van der Waals surface area contributed by atoms with Gasteiger partial charge in [0.05, 0.1) is 6.42 Å². The zero-order chi connectivity index (χ0) is 21.4. The zero-order valence-electron chi connectivity index (χ0n) is 17.8. The maximum atomic E-state index is 13.3. The fourth-order valence-corrected chi connectivity index (χ4v) is 3.09. The molecule has 4 nitrogen and oxygen atoms in total. The van der Waals surface area contributed by atoms with Crippen LogP contribution in [0.1, 0.15) is 48.9 Å². The Hall–Kier alpha value is -2.69. The van der Waals surface area contributed by atoms with Crippen molar-refractivity contribution in [3.63, 3.8) is 0 Å². The van der Waals surface area contributed by atoms with Crippen molar-refractivity contribution in [2.75, 3.05) is 6.54 Å². The van der Waals surface area contributed by atoms with Crippen molar-refractivity contribution in [1.29, 1.82) is 0 Å². The number of nitrogens with one attached hydrogen (secondary N) is 1. The SMILES string of the molecule is CCCCNC(=O)[C@@H](C)N(Cc1ccc(F)cc1)C(=O)Cc1ccc(C)c(C)c1. The first kappa shape index (κ1) is 22.6. The first-order chi connectivity index (χ1) is 13.8. The van der Waals surface area contributed by atoms with Crippen molar-refractivity contribution in [1.82, 2.24) is 10.2 Å². The van der Waals surface area contributed by atoms with Crippen LogP contribution in [-0.2, 0) is 22.6 Å². The molecule has 2 aromatic carbocycles. The second-order valence-corrected chi connectivity index (χ2v) is 7.56. The van der Waals surface area contributed by atoms with E-state index in [1.807, 2.05) is 32.0 Å². The molecule has 0 saturated heterocycles. The lowest BCUT2D eigenvalue weighted by atomic mass is 10.0. The molecule has 0 aromatic heterocycles. The first-order valence-corrected chi connectivity index (χ1v) is 10.2. The van der Waals surface area contributed by atoms with Crippen LogP contribution < -0.4 is 5.32 Å². The van der Waals surface area contributed by atoms with Gasteiger partial charge in [-0.1, -0.05) is 43.7 Å². The number of benzene rings is 2. The molecule has 2 amide bonds. The van der Waals surface area contributed by atoms with Crippen molar-refractivity contribution >= 4 is 11.8 Å². The molecule has 0 aliphatic rings. The van der Waals surface area contributed by atoms with Crippen LogP contribution in [0.5, 0.6) is 0 Å². The Kier molecular flexibility index (Phi) is 8.37. The maximum Gasteiger partial charge on any atom is 0.242 e. The lowest BCUT2D eigenvalue weighted by Gasteiger charge is -2.29. The molecular weight excluding hydrogens is 367 g/mol. The minimum atomic E-state index is -0.615. The number of hydrogen-bond acceptors (Lipinski definition) is 2. The van der Waals surface area contributed by atoms with Gasteiger partial charge < -0.3 is 10.2 Å². The van der Waals surface area contributed by atoms with Crippen LogP contribution in [0.25, 0.3) is 0 Å². The highest BCUT2D eigenvalue weighted by molar-refractivity contribution is 5.88. The summed E-state index contributed by atoms with van der Waals surface area (Å²) in [6.07, 6.45) is 2.10. The molecular formula is C24H31FN2O2. The van der Waals surface area contributed by atoms with E-state index in [9.17, 15) is 14.0 Å². The van der Waals surface area contributed by atoms with Crippen LogP contribution in [0.15, 0.2) is 42.5 Å². The van der Waals surface area contributed by atoms with E-state index in [1.54, 1.807) is 24.0 Å². The number of amides is 2. The number of carbonyl (C=O) groups excluding carboxylic acids is 2. The van der Waals surface area contributed by atoms with Crippen molar-refractivity contribution < 1.29 is 14.0 Å². The van der Waals surface area contributed by atoms with Gasteiger partial charge in [0.25, 0.3) is 0 Å². The van der Waals surface area contributed by atoms with Crippen LogP contribution in [0.4, 0.5) is 4.39 Å². The predicted molar refractivity (Wildman–Crippen MR) is 114 cm³/mol. The summed E-state index contributed by atoms with van der Waals surface area (Å²) in [7, 11) is 0. The van der Waals surface area contributed by atoms with E-state index < -0.39 is 6.04 Å². The predicted octanol–water partition coefficient (Wildman–Crippen LogP) is 4.32. The van der Waals surface area contributed by atoms with Gasteiger partial charge >= 0.3 is 0 Å². The number of hydrogen-bond donors (Lipinski definition) is 1. The summed E-state index contributed by atoms with van der Waals surface area (Å²) in [5, 5.41) is 2.90. The van der Waals surface area contributed by atoms with Gasteiger partial charge in [-0.15, -0.1) is 0 Å². The smallest absolute Gasteiger partial charge is 0.242 e. The van der Waals surface area contributed by atoms with Crippen LogP contribution in [-0.4, -0.2) is 29.3 Å². The lowest BCUT2D eigenvalue weighted by Crippen LogP contribution is -2.48. The lowest BCUT2D eigenvalue weighted by molar-refractivity contribution is -0.140. The molecule has 0 radical (unpaired) electrons. The summed E-state index contributed by atoms with van der Waals surface area (Å²) in [6, 6.07) is 11.4. The van der Waals surface area contributed by atoms with E-state index in [0.717, 1.165) is 29.5 Å². The van der Waals surface area contributed by atoms with Gasteiger partial charge in [0.1, 0.15) is 11.9 Å². The summed E-state index contributed by atoms with van der Waals surface area (Å²) in [4.78, 5) is 27.3. The summed E-state index contributed by atoms with van der Waals surface area (Å²) in [5.74, 6) is -0.628. The van der Waals surface area contributed by atoms with E-state index in [2.05, 4.69) is 12.2 Å². The highest BCUT2D eigenvalue weighted by atomic mass is 19.1. The second-order valence-electron chi connectivity index (χ2n) is 7.56. The molecule has 0 aliphatic heterocycles. The van der Waals surface area contributed by atoms with Crippen molar-refractivity contribution in [2.24, 2.45) is 0 Å². The average Bonchev–Trinajstić information content (AvgIpc) is 2.69. The Balaban J connectivity index is 2.19. The zero-order valence-corrected chi connectivity index (χ0v) is 17.8. The van der Waals surface area contributed by atoms with Crippen molar-refractivity contribution in [2.45, 2.75) is 59.5 Å². The molecule has 5 heteroatoms. The Morgan fingerprint density at radius 1 is 1.03 bits per heavy atom. The van der Waals surface area contributed by atoms with Crippen LogP contribution >= 0.6 is 0 Å². The Bertz CT molecular complexity index is 833. The number of unbranched alkanes of at least 4 members (excludes halogenated alkanes) is 1. The highest BCUT2D eigenvalue weighted by Crippen LogP contribution is 2.15. The van der Waals surface area contributed by atoms with Gasteiger partial charge in [-0.3, -0.25) is 9.59 Å². The molecule has 0 saturated carbocycles. The van der Waals surface area contributed by atoms with Gasteiger partial charge in [0, 0.05) is 13.1 Å². The van der Waals surface area contributed by atoms with Crippen molar-refractivity contribution in [3.8, 4) is 0 Å². The molecule has 1 N–H and O–H groups in total. The van der Waals surface area contributed by atoms with Crippen LogP contribution in [0.2, 0.25) is 0 Å². The first-order valence-electron chi connectivity index (χ1n) is 10.2. The van der Waals surface area contributed by atoms with E-state index in [4.69, 9.17) is 0 Å². The highest BCUT2D eigenvalue weighted by Gasteiger charge is 2.26. The largest absolute Gasteiger partial charge is 0.354 e. The number of rotatable bonds is 9. The Morgan fingerprint density at radius 2 is 1.69 bits per heavy atom. The molecule has 0 spiro atoms. The van der Waals surface area contributed by atoms with Crippen molar-refractivity contribution in [3.05, 3.63) is 70.5 Å². The summed E-state index contributed by atoms with van der Waals surface area (Å²) >= 11 is 0. The molecule has 2 rings (SSSR count). The van der Waals surface area contributed by atoms with E-state index in [-0.39, 0.29) is 30.6 Å². The number of nitrogens with zero attached hydrogens (tertiary/aromatic N) is 1. The van der Waals surface area contributed by atoms with Gasteiger partial charge in [0.15, 0.2) is 0 Å². The Morgan fingerprint density at radius 3 is 2.31 bits per heavy atom. The number of halogens is 1. The summed E-state index contributed by atoms with van der Waals surface area (Å²) < 4.78 is 13.3. The average molecular weight is 399 g/mol. The molecule has 29 heavy (non-hydrogen) atoms. The molecule has 0 fully saturated rings. The minimum Gasteiger partial charge on any atom is -0.354 e. The minimum absolute atomic E-state index is 0.129. The monoisotopic (exact) mass is 398 g/mol. The van der Waals surface area contributed by atoms with Gasteiger partial charge in [-0.05, 0) is 61.6 Å². The molecule has 1 atom stereocenters. The standard InChI is InChI=1S/C24H31FN2O2/c1-5-6-13-26-24(29)19(4)27(16-20-9-11-22(25)12-10-20)23(28)15-21-8-7-17(2)18(3)14-21/h7-12,14,19H,5-6,13,15-16H2,1-4H3,(H,26,29)/t19-/m1/s1. The summed E-state index contributed by atoms with van der Waals surface area (Å²) in [6.45, 7) is 8.70.